The molecule has 0 saturated carbocycles. The Morgan fingerprint density at radius 1 is 1.24 bits per heavy atom. The van der Waals surface area contributed by atoms with E-state index in [1.165, 1.54) is 4.90 Å². The third-order valence-electron chi connectivity index (χ3n) is 4.41. The van der Waals surface area contributed by atoms with Gasteiger partial charge in [0.15, 0.2) is 0 Å². The second kappa shape index (κ2) is 7.50. The van der Waals surface area contributed by atoms with E-state index in [0.29, 0.717) is 24.5 Å². The van der Waals surface area contributed by atoms with Crippen molar-refractivity contribution in [1.29, 1.82) is 0 Å². The summed E-state index contributed by atoms with van der Waals surface area (Å²) in [7, 11) is 3.49. The number of aryl methyl sites for hydroxylation is 2. The number of nitrogens with one attached hydrogen (secondary N) is 1. The van der Waals surface area contributed by atoms with E-state index in [-0.39, 0.29) is 18.4 Å². The summed E-state index contributed by atoms with van der Waals surface area (Å²) in [5, 5.41) is 11.4. The van der Waals surface area contributed by atoms with Gasteiger partial charge in [-0.15, -0.1) is 0 Å². The Balaban J connectivity index is 2.16. The minimum atomic E-state index is -0.265. The van der Waals surface area contributed by atoms with Gasteiger partial charge >= 0.3 is 0 Å². The fourth-order valence-electron chi connectivity index (χ4n) is 2.86. The van der Waals surface area contributed by atoms with Gasteiger partial charge in [0.2, 0.25) is 5.91 Å². The van der Waals surface area contributed by atoms with Crippen molar-refractivity contribution in [3.63, 3.8) is 0 Å². The van der Waals surface area contributed by atoms with E-state index in [0.717, 1.165) is 17.0 Å². The summed E-state index contributed by atoms with van der Waals surface area (Å²) in [6.45, 7) is 9.01. The summed E-state index contributed by atoms with van der Waals surface area (Å²) in [4.78, 5) is 27.8. The lowest BCUT2D eigenvalue weighted by Gasteiger charge is -2.22. The molecule has 1 N–H and O–H groups in total. The maximum Gasteiger partial charge on any atom is 0.272 e. The van der Waals surface area contributed by atoms with Gasteiger partial charge in [-0.05, 0) is 33.8 Å². The maximum atomic E-state index is 12.6. The lowest BCUT2D eigenvalue weighted by Crippen LogP contribution is -2.41. The van der Waals surface area contributed by atoms with Gasteiger partial charge in [-0.1, -0.05) is 0 Å². The van der Waals surface area contributed by atoms with Crippen LogP contribution in [0.25, 0.3) is 11.3 Å². The smallest absolute Gasteiger partial charge is 0.272 e. The number of hydrogen-bond acceptors (Lipinski definition) is 4. The summed E-state index contributed by atoms with van der Waals surface area (Å²) in [6.07, 6.45) is 0. The molecule has 2 heterocycles. The van der Waals surface area contributed by atoms with E-state index in [2.05, 4.69) is 15.3 Å². The molecule has 0 aliphatic rings. The Kier molecular flexibility index (Phi) is 5.61. The molecule has 2 amide bonds. The number of nitrogens with zero attached hydrogens (tertiary/aromatic N) is 5. The van der Waals surface area contributed by atoms with E-state index < -0.39 is 0 Å². The van der Waals surface area contributed by atoms with Crippen LogP contribution in [-0.2, 0) is 11.8 Å². The van der Waals surface area contributed by atoms with Gasteiger partial charge < -0.3 is 9.80 Å². The maximum absolute atomic E-state index is 12.6. The van der Waals surface area contributed by atoms with Gasteiger partial charge in [0, 0.05) is 38.4 Å². The SMILES string of the molecule is CCN(CC)C(=O)CN(C)C(=O)c1cc(-c2c(C)nn(C)c2C)n[nH]1. The first kappa shape index (κ1) is 18.7. The summed E-state index contributed by atoms with van der Waals surface area (Å²) < 4.78 is 1.79. The second-order valence-electron chi connectivity index (χ2n) is 6.06. The molecule has 0 fully saturated rings. The molecule has 2 rings (SSSR count). The van der Waals surface area contributed by atoms with Gasteiger partial charge in [-0.2, -0.15) is 10.2 Å². The van der Waals surface area contributed by atoms with Crippen LogP contribution in [0.3, 0.4) is 0 Å². The third-order valence-corrected chi connectivity index (χ3v) is 4.41. The highest BCUT2D eigenvalue weighted by Gasteiger charge is 2.21. The Hall–Kier alpha value is -2.64. The predicted molar refractivity (Wildman–Crippen MR) is 95.2 cm³/mol. The zero-order chi connectivity index (χ0) is 18.7. The molecule has 136 valence electrons. The van der Waals surface area contributed by atoms with Gasteiger partial charge in [-0.25, -0.2) is 0 Å². The lowest BCUT2D eigenvalue weighted by atomic mass is 10.1. The largest absolute Gasteiger partial charge is 0.342 e. The fraction of sp³-hybridized carbons (Fsp3) is 0.529. The van der Waals surface area contributed by atoms with Gasteiger partial charge in [0.1, 0.15) is 5.69 Å². The number of likely N-dealkylation sites (N-methyl/N-ethyl adjacent to an activating group) is 2. The van der Waals surface area contributed by atoms with Crippen molar-refractivity contribution in [3.05, 3.63) is 23.1 Å². The first-order valence-corrected chi connectivity index (χ1v) is 8.39. The van der Waals surface area contributed by atoms with Crippen LogP contribution in [0.5, 0.6) is 0 Å². The van der Waals surface area contributed by atoms with Crippen LogP contribution in [0.4, 0.5) is 0 Å². The molecule has 0 radical (unpaired) electrons. The molecule has 25 heavy (non-hydrogen) atoms. The standard InChI is InChI=1S/C17H26N6O2/c1-7-23(8-2)15(24)10-21(5)17(25)14-9-13(18-19-14)16-11(3)20-22(6)12(16)4/h9H,7-8,10H2,1-6H3,(H,18,19). The number of aromatic amines is 1. The molecule has 0 aromatic carbocycles. The van der Waals surface area contributed by atoms with Crippen molar-refractivity contribution in [3.8, 4) is 11.3 Å². The first-order valence-electron chi connectivity index (χ1n) is 8.39. The van der Waals surface area contributed by atoms with Gasteiger partial charge in [0.05, 0.1) is 17.9 Å². The van der Waals surface area contributed by atoms with Crippen molar-refractivity contribution < 1.29 is 9.59 Å². The summed E-state index contributed by atoms with van der Waals surface area (Å²) in [5.74, 6) is -0.335. The van der Waals surface area contributed by atoms with Crippen LogP contribution in [0.1, 0.15) is 35.7 Å². The highest BCUT2D eigenvalue weighted by Crippen LogP contribution is 2.25. The van der Waals surface area contributed by atoms with Crippen molar-refractivity contribution in [2.75, 3.05) is 26.7 Å². The second-order valence-corrected chi connectivity index (χ2v) is 6.06. The molecule has 0 unspecified atom stereocenters. The average molecular weight is 346 g/mol. The Morgan fingerprint density at radius 3 is 2.40 bits per heavy atom. The highest BCUT2D eigenvalue weighted by atomic mass is 16.2. The van der Waals surface area contributed by atoms with Crippen LogP contribution < -0.4 is 0 Å². The number of H-pyrrole nitrogens is 1. The Bertz CT molecular complexity index is 772. The fourth-order valence-corrected chi connectivity index (χ4v) is 2.86. The van der Waals surface area contributed by atoms with Gasteiger partial charge in [-0.3, -0.25) is 19.4 Å². The molecular weight excluding hydrogens is 320 g/mol. The van der Waals surface area contributed by atoms with Crippen LogP contribution in [0.2, 0.25) is 0 Å². The molecule has 0 spiro atoms. The summed E-state index contributed by atoms with van der Waals surface area (Å²) >= 11 is 0. The lowest BCUT2D eigenvalue weighted by molar-refractivity contribution is -0.131. The number of carbonyl (C=O) groups is 2. The zero-order valence-corrected chi connectivity index (χ0v) is 15.8. The monoisotopic (exact) mass is 346 g/mol. The van der Waals surface area contributed by atoms with Crippen LogP contribution in [-0.4, -0.2) is 68.3 Å². The van der Waals surface area contributed by atoms with Crippen LogP contribution >= 0.6 is 0 Å². The average Bonchev–Trinajstić information content (AvgIpc) is 3.13. The molecule has 8 nitrogen and oxygen atoms in total. The minimum Gasteiger partial charge on any atom is -0.342 e. The number of amides is 2. The first-order chi connectivity index (χ1) is 11.8. The van der Waals surface area contributed by atoms with Crippen LogP contribution in [0, 0.1) is 13.8 Å². The molecule has 0 bridgehead atoms. The molecule has 0 aliphatic heterocycles. The van der Waals surface area contributed by atoms with E-state index >= 15 is 0 Å². The van der Waals surface area contributed by atoms with E-state index in [1.54, 1.807) is 22.7 Å². The van der Waals surface area contributed by atoms with Crippen molar-refractivity contribution in [1.82, 2.24) is 29.8 Å². The molecule has 2 aromatic rings. The number of hydrogen-bond donors (Lipinski definition) is 1. The number of aromatic nitrogens is 4. The van der Waals surface area contributed by atoms with E-state index in [4.69, 9.17) is 0 Å². The summed E-state index contributed by atoms with van der Waals surface area (Å²) in [5.41, 5.74) is 3.78. The number of carbonyl (C=O) groups excluding carboxylic acids is 2. The van der Waals surface area contributed by atoms with Gasteiger partial charge in [0.25, 0.3) is 5.91 Å². The van der Waals surface area contributed by atoms with E-state index in [1.807, 2.05) is 34.7 Å². The topological polar surface area (TPSA) is 87.1 Å². The van der Waals surface area contributed by atoms with Crippen molar-refractivity contribution in [2.24, 2.45) is 7.05 Å². The minimum absolute atomic E-state index is 0.0415. The Labute approximate surface area is 147 Å². The molecule has 0 aliphatic carbocycles. The highest BCUT2D eigenvalue weighted by molar-refractivity contribution is 5.95. The molecule has 8 heteroatoms. The molecule has 0 atom stereocenters. The predicted octanol–water partition coefficient (Wildman–Crippen LogP) is 1.37. The summed E-state index contributed by atoms with van der Waals surface area (Å²) in [6, 6.07) is 1.71. The molecule has 2 aromatic heterocycles. The van der Waals surface area contributed by atoms with E-state index in [9.17, 15) is 9.59 Å². The van der Waals surface area contributed by atoms with Crippen LogP contribution in [0.15, 0.2) is 6.07 Å². The third kappa shape index (κ3) is 3.72. The number of rotatable bonds is 6. The Morgan fingerprint density at radius 2 is 1.88 bits per heavy atom. The quantitative estimate of drug-likeness (QED) is 0.856. The molecular formula is C17H26N6O2. The van der Waals surface area contributed by atoms with Crippen molar-refractivity contribution in [2.45, 2.75) is 27.7 Å². The normalized spacial score (nSPS) is 10.8. The van der Waals surface area contributed by atoms with Crippen molar-refractivity contribution >= 4 is 11.8 Å². The molecule has 0 saturated heterocycles. The zero-order valence-electron chi connectivity index (χ0n) is 15.8.